The van der Waals surface area contributed by atoms with Gasteiger partial charge in [0.15, 0.2) is 11.5 Å². The monoisotopic (exact) mass is 265 g/mol. The van der Waals surface area contributed by atoms with Gasteiger partial charge in [-0.25, -0.2) is 0 Å². The number of benzene rings is 1. The van der Waals surface area contributed by atoms with Crippen LogP contribution >= 0.6 is 0 Å². The van der Waals surface area contributed by atoms with Crippen LogP contribution in [0, 0.1) is 0 Å². The molecule has 0 unspecified atom stereocenters. The molecule has 2 N–H and O–H groups in total. The molecule has 0 atom stereocenters. The molecule has 0 saturated heterocycles. The zero-order valence-corrected chi connectivity index (χ0v) is 10.3. The van der Waals surface area contributed by atoms with Crippen LogP contribution in [0.1, 0.15) is 12.0 Å². The van der Waals surface area contributed by atoms with Gasteiger partial charge in [0.1, 0.15) is 5.78 Å². The highest BCUT2D eigenvalue weighted by Crippen LogP contribution is 2.32. The second-order valence-electron chi connectivity index (χ2n) is 4.15. The van der Waals surface area contributed by atoms with Gasteiger partial charge in [-0.05, 0) is 17.7 Å². The number of nitrogens with one attached hydrogen (secondary N) is 1. The molecule has 1 amide bonds. The van der Waals surface area contributed by atoms with Crippen molar-refractivity contribution in [3.8, 4) is 11.5 Å². The number of ketones is 1. The van der Waals surface area contributed by atoms with E-state index in [0.29, 0.717) is 11.5 Å². The Balaban J connectivity index is 1.87. The quantitative estimate of drug-likeness (QED) is 0.709. The molecule has 0 spiro atoms. The lowest BCUT2D eigenvalue weighted by Crippen LogP contribution is -2.28. The first-order valence-corrected chi connectivity index (χ1v) is 5.97. The van der Waals surface area contributed by atoms with Gasteiger partial charge in [-0.2, -0.15) is 0 Å². The van der Waals surface area contributed by atoms with Crippen molar-refractivity contribution in [2.75, 3.05) is 19.9 Å². The van der Waals surface area contributed by atoms with Gasteiger partial charge in [-0.1, -0.05) is 6.07 Å². The third-order valence-corrected chi connectivity index (χ3v) is 2.63. The van der Waals surface area contributed by atoms with E-state index in [1.807, 2.05) is 0 Å². The maximum atomic E-state index is 11.7. The summed E-state index contributed by atoms with van der Waals surface area (Å²) in [5.41, 5.74) is 0.782. The van der Waals surface area contributed by atoms with Gasteiger partial charge in [0, 0.05) is 13.0 Å². The Morgan fingerprint density at radius 1 is 1.26 bits per heavy atom. The van der Waals surface area contributed by atoms with Gasteiger partial charge in [0.05, 0.1) is 13.0 Å². The number of rotatable bonds is 6. The molecule has 19 heavy (non-hydrogen) atoms. The maximum Gasteiger partial charge on any atom is 0.231 e. The lowest BCUT2D eigenvalue weighted by molar-refractivity contribution is -0.127. The molecule has 0 radical (unpaired) electrons. The molecule has 0 aliphatic carbocycles. The number of fused-ring (bicyclic) bond motifs is 1. The fourth-order valence-corrected chi connectivity index (χ4v) is 1.78. The van der Waals surface area contributed by atoms with Crippen LogP contribution in [0.4, 0.5) is 0 Å². The smallest absolute Gasteiger partial charge is 0.231 e. The molecular weight excluding hydrogens is 250 g/mol. The standard InChI is InChI=1S/C13H15NO5/c15-4-3-14-13(17)7-10(16)5-9-1-2-11-12(6-9)19-8-18-11/h1-2,6,15H,3-5,7-8H2,(H,14,17). The summed E-state index contributed by atoms with van der Waals surface area (Å²) in [4.78, 5) is 23.0. The minimum absolute atomic E-state index is 0.137. The van der Waals surface area contributed by atoms with E-state index in [9.17, 15) is 9.59 Å². The lowest BCUT2D eigenvalue weighted by Gasteiger charge is -2.04. The van der Waals surface area contributed by atoms with Gasteiger partial charge in [-0.3, -0.25) is 9.59 Å². The van der Waals surface area contributed by atoms with Crippen LogP contribution in [-0.4, -0.2) is 36.7 Å². The van der Waals surface area contributed by atoms with Crippen molar-refractivity contribution in [3.63, 3.8) is 0 Å². The molecule has 0 fully saturated rings. The summed E-state index contributed by atoms with van der Waals surface area (Å²) >= 11 is 0. The Morgan fingerprint density at radius 2 is 2.05 bits per heavy atom. The number of amides is 1. The van der Waals surface area contributed by atoms with E-state index in [2.05, 4.69) is 5.32 Å². The lowest BCUT2D eigenvalue weighted by atomic mass is 10.1. The van der Waals surface area contributed by atoms with Gasteiger partial charge in [0.25, 0.3) is 0 Å². The predicted octanol–water partition coefficient (Wildman–Crippen LogP) is 0.0255. The number of aliphatic hydroxyl groups excluding tert-OH is 1. The second kappa shape index (κ2) is 6.19. The van der Waals surface area contributed by atoms with Crippen LogP contribution in [-0.2, 0) is 16.0 Å². The molecule has 0 saturated carbocycles. The number of Topliss-reactive ketones (excluding diaryl/α,β-unsaturated/α-hetero) is 1. The van der Waals surface area contributed by atoms with Crippen molar-refractivity contribution in [1.29, 1.82) is 0 Å². The molecule has 6 nitrogen and oxygen atoms in total. The van der Waals surface area contributed by atoms with Crippen molar-refractivity contribution >= 4 is 11.7 Å². The SMILES string of the molecule is O=C(CC(=O)NCCO)Cc1ccc2c(c1)OCO2. The number of aliphatic hydroxyl groups is 1. The second-order valence-corrected chi connectivity index (χ2v) is 4.15. The van der Waals surface area contributed by atoms with E-state index in [1.54, 1.807) is 18.2 Å². The molecule has 102 valence electrons. The van der Waals surface area contributed by atoms with E-state index < -0.39 is 0 Å². The molecule has 1 aliphatic heterocycles. The molecule has 6 heteroatoms. The van der Waals surface area contributed by atoms with Crippen LogP contribution in [0.2, 0.25) is 0 Å². The summed E-state index contributed by atoms with van der Waals surface area (Å²) in [6, 6.07) is 5.26. The highest BCUT2D eigenvalue weighted by Gasteiger charge is 2.15. The molecule has 0 aromatic heterocycles. The van der Waals surface area contributed by atoms with E-state index >= 15 is 0 Å². The molecule has 1 aromatic carbocycles. The minimum Gasteiger partial charge on any atom is -0.454 e. The summed E-state index contributed by atoms with van der Waals surface area (Å²) in [6.07, 6.45) is -0.0162. The maximum absolute atomic E-state index is 11.7. The first-order chi connectivity index (χ1) is 9.19. The minimum atomic E-state index is -0.375. The first kappa shape index (κ1) is 13.4. The van der Waals surface area contributed by atoms with Crippen molar-refractivity contribution in [2.45, 2.75) is 12.8 Å². The van der Waals surface area contributed by atoms with Gasteiger partial charge >= 0.3 is 0 Å². The predicted molar refractivity (Wildman–Crippen MR) is 66.0 cm³/mol. The average molecular weight is 265 g/mol. The van der Waals surface area contributed by atoms with Crippen molar-refractivity contribution in [2.24, 2.45) is 0 Å². The fourth-order valence-electron chi connectivity index (χ4n) is 1.78. The summed E-state index contributed by atoms with van der Waals surface area (Å²) in [5, 5.41) is 11.0. The zero-order chi connectivity index (χ0) is 13.7. The van der Waals surface area contributed by atoms with Gasteiger partial charge in [-0.15, -0.1) is 0 Å². The zero-order valence-electron chi connectivity index (χ0n) is 10.3. The summed E-state index contributed by atoms with van der Waals surface area (Å²) in [7, 11) is 0. The number of hydrogen-bond acceptors (Lipinski definition) is 5. The largest absolute Gasteiger partial charge is 0.454 e. The number of ether oxygens (including phenoxy) is 2. The van der Waals surface area contributed by atoms with Crippen LogP contribution in [0.3, 0.4) is 0 Å². The third kappa shape index (κ3) is 3.69. The van der Waals surface area contributed by atoms with Crippen molar-refractivity contribution in [3.05, 3.63) is 23.8 Å². The Morgan fingerprint density at radius 3 is 2.84 bits per heavy atom. The van der Waals surface area contributed by atoms with Gasteiger partial charge in [0.2, 0.25) is 12.7 Å². The molecule has 1 aromatic rings. The molecule has 1 aliphatic rings. The Labute approximate surface area is 110 Å². The topological polar surface area (TPSA) is 84.9 Å². The van der Waals surface area contributed by atoms with Crippen molar-refractivity contribution in [1.82, 2.24) is 5.32 Å². The summed E-state index contributed by atoms with van der Waals surface area (Å²) in [6.45, 7) is 0.217. The molecule has 1 heterocycles. The van der Waals surface area contributed by atoms with E-state index in [0.717, 1.165) is 5.56 Å². The Bertz CT molecular complexity index is 486. The third-order valence-electron chi connectivity index (χ3n) is 2.63. The normalized spacial score (nSPS) is 12.3. The van der Waals surface area contributed by atoms with E-state index in [-0.39, 0.29) is 44.5 Å². The number of carbonyl (C=O) groups excluding carboxylic acids is 2. The van der Waals surface area contributed by atoms with Crippen LogP contribution in [0.15, 0.2) is 18.2 Å². The first-order valence-electron chi connectivity index (χ1n) is 5.97. The Hall–Kier alpha value is -2.08. The molecule has 2 rings (SSSR count). The molecule has 0 bridgehead atoms. The summed E-state index contributed by atoms with van der Waals surface area (Å²) < 4.78 is 10.4. The van der Waals surface area contributed by atoms with Crippen LogP contribution in [0.5, 0.6) is 11.5 Å². The van der Waals surface area contributed by atoms with E-state index in [1.165, 1.54) is 0 Å². The van der Waals surface area contributed by atoms with Crippen LogP contribution in [0.25, 0.3) is 0 Å². The van der Waals surface area contributed by atoms with E-state index in [4.69, 9.17) is 14.6 Å². The summed E-state index contributed by atoms with van der Waals surface area (Å²) in [5.74, 6) is 0.723. The highest BCUT2D eigenvalue weighted by molar-refractivity contribution is 5.98. The number of carbonyl (C=O) groups is 2. The van der Waals surface area contributed by atoms with Crippen LogP contribution < -0.4 is 14.8 Å². The molecular formula is C13H15NO5. The number of hydrogen-bond donors (Lipinski definition) is 2. The van der Waals surface area contributed by atoms with Crippen molar-refractivity contribution < 1.29 is 24.2 Å². The average Bonchev–Trinajstić information content (AvgIpc) is 2.83. The Kier molecular flexibility index (Phi) is 4.35. The fraction of sp³-hybridized carbons (Fsp3) is 0.385. The van der Waals surface area contributed by atoms with Gasteiger partial charge < -0.3 is 19.9 Å². The highest BCUT2D eigenvalue weighted by atomic mass is 16.7.